The normalized spacial score (nSPS) is 23.2. The topological polar surface area (TPSA) is 57.8 Å². The Bertz CT molecular complexity index is 660. The summed E-state index contributed by atoms with van der Waals surface area (Å²) in [5, 5.41) is 10.1. The average molecular weight is 273 g/mol. The number of imidazole rings is 1. The Morgan fingerprint density at radius 1 is 1.45 bits per heavy atom. The van der Waals surface area contributed by atoms with Gasteiger partial charge < -0.3 is 14.4 Å². The number of fused-ring (bicyclic) bond motifs is 1. The number of rotatable bonds is 1. The monoisotopic (exact) mass is 273 g/mol. The largest absolute Gasteiger partial charge is 0.388 e. The summed E-state index contributed by atoms with van der Waals surface area (Å²) in [6, 6.07) is 5.79. The molecule has 3 rings (SSSR count). The second kappa shape index (κ2) is 4.59. The van der Waals surface area contributed by atoms with Gasteiger partial charge in [-0.1, -0.05) is 6.07 Å². The van der Waals surface area contributed by atoms with Crippen LogP contribution >= 0.6 is 0 Å². The number of β-amino-alcohol motifs (C(OH)–C–C–N with tert-alkyl or cyclic N) is 1. The summed E-state index contributed by atoms with van der Waals surface area (Å²) in [6.45, 7) is 4.81. The zero-order chi connectivity index (χ0) is 14.3. The molecule has 5 heteroatoms. The van der Waals surface area contributed by atoms with E-state index >= 15 is 0 Å². The van der Waals surface area contributed by atoms with Crippen LogP contribution in [0.1, 0.15) is 35.9 Å². The molecule has 106 valence electrons. The van der Waals surface area contributed by atoms with Crippen molar-refractivity contribution in [1.82, 2.24) is 14.3 Å². The van der Waals surface area contributed by atoms with Gasteiger partial charge in [-0.15, -0.1) is 0 Å². The van der Waals surface area contributed by atoms with Crippen LogP contribution in [0.25, 0.3) is 5.65 Å². The molecule has 1 fully saturated rings. The van der Waals surface area contributed by atoms with Gasteiger partial charge in [-0.3, -0.25) is 4.79 Å². The summed E-state index contributed by atoms with van der Waals surface area (Å²) < 4.78 is 1.91. The van der Waals surface area contributed by atoms with Crippen molar-refractivity contribution >= 4 is 11.6 Å². The van der Waals surface area contributed by atoms with Crippen LogP contribution in [-0.4, -0.2) is 44.0 Å². The lowest BCUT2D eigenvalue weighted by molar-refractivity contribution is -0.0109. The first-order valence-corrected chi connectivity index (χ1v) is 6.93. The first kappa shape index (κ1) is 13.1. The molecule has 1 amide bonds. The van der Waals surface area contributed by atoms with Crippen LogP contribution in [0.5, 0.6) is 0 Å². The van der Waals surface area contributed by atoms with E-state index in [-0.39, 0.29) is 5.91 Å². The predicted molar refractivity (Wildman–Crippen MR) is 75.7 cm³/mol. The Morgan fingerprint density at radius 3 is 2.95 bits per heavy atom. The first-order chi connectivity index (χ1) is 9.46. The third-order valence-corrected chi connectivity index (χ3v) is 3.88. The van der Waals surface area contributed by atoms with E-state index in [1.165, 1.54) is 0 Å². The standard InChI is InChI=1S/C15H19N3O2/c1-11-5-3-6-13-16-12(9-18(11)13)14(19)17-8-4-7-15(2,20)10-17/h3,5-6,9,20H,4,7-8,10H2,1-2H3. The van der Waals surface area contributed by atoms with Crippen molar-refractivity contribution in [2.45, 2.75) is 32.3 Å². The number of hydrogen-bond donors (Lipinski definition) is 1. The zero-order valence-electron chi connectivity index (χ0n) is 11.8. The molecule has 5 nitrogen and oxygen atoms in total. The summed E-state index contributed by atoms with van der Waals surface area (Å²) >= 11 is 0. The molecule has 1 atom stereocenters. The summed E-state index contributed by atoms with van der Waals surface area (Å²) in [7, 11) is 0. The summed E-state index contributed by atoms with van der Waals surface area (Å²) in [5.41, 5.74) is 1.47. The number of pyridine rings is 1. The van der Waals surface area contributed by atoms with Crippen molar-refractivity contribution in [1.29, 1.82) is 0 Å². The summed E-state index contributed by atoms with van der Waals surface area (Å²) in [6.07, 6.45) is 3.34. The molecule has 1 aliphatic rings. The highest BCUT2D eigenvalue weighted by Crippen LogP contribution is 2.22. The molecule has 0 bridgehead atoms. The van der Waals surface area contributed by atoms with E-state index in [0.717, 1.165) is 24.2 Å². The number of likely N-dealkylation sites (tertiary alicyclic amines) is 1. The third kappa shape index (κ3) is 2.29. The van der Waals surface area contributed by atoms with Crippen molar-refractivity contribution in [2.24, 2.45) is 0 Å². The lowest BCUT2D eigenvalue weighted by Gasteiger charge is -2.36. The second-order valence-electron chi connectivity index (χ2n) is 5.85. The minimum absolute atomic E-state index is 0.104. The van der Waals surface area contributed by atoms with E-state index in [1.54, 1.807) is 18.0 Å². The maximum absolute atomic E-state index is 12.5. The van der Waals surface area contributed by atoms with E-state index < -0.39 is 5.60 Å². The molecule has 0 aromatic carbocycles. The molecule has 1 saturated heterocycles. The van der Waals surface area contributed by atoms with Gasteiger partial charge in [0, 0.05) is 25.0 Å². The van der Waals surface area contributed by atoms with Gasteiger partial charge in [-0.2, -0.15) is 0 Å². The first-order valence-electron chi connectivity index (χ1n) is 6.93. The minimum atomic E-state index is -0.789. The van der Waals surface area contributed by atoms with Gasteiger partial charge in [-0.25, -0.2) is 4.98 Å². The Kier molecular flexibility index (Phi) is 3.01. The lowest BCUT2D eigenvalue weighted by Crippen LogP contribution is -2.48. The number of aliphatic hydroxyl groups is 1. The van der Waals surface area contributed by atoms with Crippen LogP contribution in [0.3, 0.4) is 0 Å². The fraction of sp³-hybridized carbons (Fsp3) is 0.467. The van der Waals surface area contributed by atoms with Gasteiger partial charge in [0.05, 0.1) is 5.60 Å². The fourth-order valence-electron chi connectivity index (χ4n) is 2.81. The van der Waals surface area contributed by atoms with Crippen molar-refractivity contribution in [3.05, 3.63) is 35.8 Å². The number of aromatic nitrogens is 2. The highest BCUT2D eigenvalue weighted by molar-refractivity contribution is 5.93. The average Bonchev–Trinajstić information content (AvgIpc) is 2.82. The minimum Gasteiger partial charge on any atom is -0.388 e. The number of nitrogens with zero attached hydrogens (tertiary/aromatic N) is 3. The van der Waals surface area contributed by atoms with Crippen molar-refractivity contribution < 1.29 is 9.90 Å². The molecule has 0 radical (unpaired) electrons. The molecule has 2 aromatic heterocycles. The van der Waals surface area contributed by atoms with Crippen LogP contribution in [0.4, 0.5) is 0 Å². The smallest absolute Gasteiger partial charge is 0.274 e. The highest BCUT2D eigenvalue weighted by atomic mass is 16.3. The van der Waals surface area contributed by atoms with Crippen molar-refractivity contribution in [3.63, 3.8) is 0 Å². The predicted octanol–water partition coefficient (Wildman–Crippen LogP) is 1.63. The van der Waals surface area contributed by atoms with Crippen LogP contribution in [0.2, 0.25) is 0 Å². The molecule has 20 heavy (non-hydrogen) atoms. The lowest BCUT2D eigenvalue weighted by atomic mass is 9.95. The molecule has 1 N–H and O–H groups in total. The van der Waals surface area contributed by atoms with E-state index in [1.807, 2.05) is 29.5 Å². The Labute approximate surface area is 117 Å². The van der Waals surface area contributed by atoms with Gasteiger partial charge in [0.1, 0.15) is 11.3 Å². The number of carbonyl (C=O) groups is 1. The molecular weight excluding hydrogens is 254 g/mol. The van der Waals surface area contributed by atoms with E-state index in [9.17, 15) is 9.90 Å². The van der Waals surface area contributed by atoms with E-state index in [4.69, 9.17) is 0 Å². The fourth-order valence-corrected chi connectivity index (χ4v) is 2.81. The number of carbonyl (C=O) groups excluding carboxylic acids is 1. The van der Waals surface area contributed by atoms with Gasteiger partial charge >= 0.3 is 0 Å². The zero-order valence-corrected chi connectivity index (χ0v) is 11.8. The van der Waals surface area contributed by atoms with Gasteiger partial charge in [0.2, 0.25) is 0 Å². The molecule has 2 aromatic rings. The summed E-state index contributed by atoms with van der Waals surface area (Å²) in [4.78, 5) is 18.6. The number of aryl methyl sites for hydroxylation is 1. The summed E-state index contributed by atoms with van der Waals surface area (Å²) in [5.74, 6) is -0.104. The number of hydrogen-bond acceptors (Lipinski definition) is 3. The van der Waals surface area contributed by atoms with Gasteiger partial charge in [0.25, 0.3) is 5.91 Å². The van der Waals surface area contributed by atoms with Gasteiger partial charge in [0.15, 0.2) is 0 Å². The third-order valence-electron chi connectivity index (χ3n) is 3.88. The van der Waals surface area contributed by atoms with Gasteiger partial charge in [-0.05, 0) is 38.8 Å². The van der Waals surface area contributed by atoms with Crippen molar-refractivity contribution in [3.8, 4) is 0 Å². The molecule has 0 spiro atoms. The maximum atomic E-state index is 12.5. The molecular formula is C15H19N3O2. The molecule has 0 aliphatic carbocycles. The number of amides is 1. The van der Waals surface area contributed by atoms with Crippen LogP contribution in [0, 0.1) is 6.92 Å². The quantitative estimate of drug-likeness (QED) is 0.859. The van der Waals surface area contributed by atoms with E-state index in [2.05, 4.69) is 4.98 Å². The van der Waals surface area contributed by atoms with Crippen LogP contribution in [-0.2, 0) is 0 Å². The molecule has 0 saturated carbocycles. The second-order valence-corrected chi connectivity index (χ2v) is 5.85. The Hall–Kier alpha value is -1.88. The molecule has 3 heterocycles. The van der Waals surface area contributed by atoms with Crippen LogP contribution < -0.4 is 0 Å². The molecule has 1 aliphatic heterocycles. The van der Waals surface area contributed by atoms with Crippen LogP contribution in [0.15, 0.2) is 24.4 Å². The highest BCUT2D eigenvalue weighted by Gasteiger charge is 2.32. The number of piperidine rings is 1. The Morgan fingerprint density at radius 2 is 2.25 bits per heavy atom. The van der Waals surface area contributed by atoms with Crippen molar-refractivity contribution in [2.75, 3.05) is 13.1 Å². The molecule has 1 unspecified atom stereocenters. The Balaban J connectivity index is 1.91. The van der Waals surface area contributed by atoms with E-state index in [0.29, 0.717) is 18.8 Å². The maximum Gasteiger partial charge on any atom is 0.274 e. The SMILES string of the molecule is Cc1cccc2nc(C(=O)N3CCCC(C)(O)C3)cn12.